The molecule has 2 heteroatoms. The molecule has 13 heavy (non-hydrogen) atoms. The van der Waals surface area contributed by atoms with Crippen LogP contribution in [0, 0.1) is 17.8 Å². The zero-order valence-electron chi connectivity index (χ0n) is 8.62. The van der Waals surface area contributed by atoms with Crippen molar-refractivity contribution in [1.29, 1.82) is 0 Å². The Balaban J connectivity index is 1.82. The Bertz CT molecular complexity index is 204. The molecule has 0 heterocycles. The van der Waals surface area contributed by atoms with Gasteiger partial charge >= 0.3 is 0 Å². The highest BCUT2D eigenvalue weighted by Crippen LogP contribution is 2.54. The molecule has 1 amide bonds. The molecule has 0 radical (unpaired) electrons. The zero-order valence-corrected chi connectivity index (χ0v) is 8.62. The van der Waals surface area contributed by atoms with Crippen molar-refractivity contribution in [3.63, 3.8) is 0 Å². The molecule has 0 aromatic rings. The Morgan fingerprint density at radius 3 is 2.46 bits per heavy atom. The lowest BCUT2D eigenvalue weighted by Crippen LogP contribution is -2.32. The number of rotatable bonds is 3. The second kappa shape index (κ2) is 3.32. The van der Waals surface area contributed by atoms with E-state index in [1.165, 1.54) is 19.3 Å². The summed E-state index contributed by atoms with van der Waals surface area (Å²) in [6, 6.07) is 0. The molecule has 2 aliphatic rings. The number of nitrogens with zero attached hydrogens (tertiary/aromatic N) is 1. The number of hydrogen-bond donors (Lipinski definition) is 0. The van der Waals surface area contributed by atoms with Crippen molar-refractivity contribution in [2.75, 3.05) is 13.6 Å². The van der Waals surface area contributed by atoms with E-state index in [9.17, 15) is 4.79 Å². The van der Waals surface area contributed by atoms with Crippen LogP contribution < -0.4 is 0 Å². The van der Waals surface area contributed by atoms with Crippen molar-refractivity contribution in [3.8, 4) is 0 Å². The summed E-state index contributed by atoms with van der Waals surface area (Å²) in [6.45, 7) is 3.04. The maximum Gasteiger partial charge on any atom is 0.225 e. The summed E-state index contributed by atoms with van der Waals surface area (Å²) >= 11 is 0. The lowest BCUT2D eigenvalue weighted by molar-refractivity contribution is -0.134. The van der Waals surface area contributed by atoms with Crippen LogP contribution in [0.15, 0.2) is 0 Å². The fourth-order valence-corrected chi connectivity index (χ4v) is 2.67. The molecule has 0 aromatic heterocycles. The van der Waals surface area contributed by atoms with Gasteiger partial charge in [0.1, 0.15) is 0 Å². The fraction of sp³-hybridized carbons (Fsp3) is 0.909. The number of fused-ring (bicyclic) bond motifs is 1. The Labute approximate surface area is 80.3 Å². The highest BCUT2D eigenvalue weighted by molar-refractivity contribution is 5.79. The van der Waals surface area contributed by atoms with E-state index in [0.717, 1.165) is 24.8 Å². The molecule has 0 aromatic carbocycles. The molecule has 0 aliphatic heterocycles. The minimum absolute atomic E-state index is 0.375. The van der Waals surface area contributed by atoms with Gasteiger partial charge in [-0.05, 0) is 37.5 Å². The smallest absolute Gasteiger partial charge is 0.225 e. The molecule has 0 N–H and O–H groups in total. The van der Waals surface area contributed by atoms with Crippen molar-refractivity contribution in [1.82, 2.24) is 4.90 Å². The van der Waals surface area contributed by atoms with Gasteiger partial charge in [-0.3, -0.25) is 4.79 Å². The highest BCUT2D eigenvalue weighted by atomic mass is 16.2. The van der Waals surface area contributed by atoms with Crippen LogP contribution in [0.4, 0.5) is 0 Å². The molecule has 2 nitrogen and oxygen atoms in total. The summed E-state index contributed by atoms with van der Waals surface area (Å²) in [4.78, 5) is 13.7. The summed E-state index contributed by atoms with van der Waals surface area (Å²) < 4.78 is 0. The number of carbonyl (C=O) groups excluding carboxylic acids is 1. The number of hydrogen-bond acceptors (Lipinski definition) is 1. The summed E-state index contributed by atoms with van der Waals surface area (Å²) in [5.41, 5.74) is 0. The Hall–Kier alpha value is -0.530. The average molecular weight is 181 g/mol. The van der Waals surface area contributed by atoms with E-state index in [2.05, 4.69) is 6.92 Å². The SMILES string of the molecule is CCCN(C)C(=O)C1CC2CC2C1. The Morgan fingerprint density at radius 1 is 1.31 bits per heavy atom. The quantitative estimate of drug-likeness (QED) is 0.651. The van der Waals surface area contributed by atoms with Crippen LogP contribution in [0.5, 0.6) is 0 Å². The van der Waals surface area contributed by atoms with E-state index in [-0.39, 0.29) is 0 Å². The van der Waals surface area contributed by atoms with Crippen LogP contribution >= 0.6 is 0 Å². The summed E-state index contributed by atoms with van der Waals surface area (Å²) in [7, 11) is 1.94. The van der Waals surface area contributed by atoms with Crippen molar-refractivity contribution in [2.24, 2.45) is 17.8 Å². The van der Waals surface area contributed by atoms with Crippen LogP contribution in [0.25, 0.3) is 0 Å². The normalized spacial score (nSPS) is 35.7. The van der Waals surface area contributed by atoms with Gasteiger partial charge in [-0.15, -0.1) is 0 Å². The molecule has 2 unspecified atom stereocenters. The second-order valence-electron chi connectivity index (χ2n) is 4.68. The first-order valence-electron chi connectivity index (χ1n) is 5.47. The predicted molar refractivity (Wildman–Crippen MR) is 52.2 cm³/mol. The van der Waals surface area contributed by atoms with Crippen molar-refractivity contribution in [3.05, 3.63) is 0 Å². The van der Waals surface area contributed by atoms with E-state index in [1.807, 2.05) is 11.9 Å². The van der Waals surface area contributed by atoms with Gasteiger partial charge in [0.25, 0.3) is 0 Å². The molecule has 74 valence electrons. The largest absolute Gasteiger partial charge is 0.346 e. The predicted octanol–water partition coefficient (Wildman–Crippen LogP) is 1.90. The van der Waals surface area contributed by atoms with Crippen LogP contribution in [0.3, 0.4) is 0 Å². The van der Waals surface area contributed by atoms with Gasteiger partial charge in [-0.25, -0.2) is 0 Å². The topological polar surface area (TPSA) is 20.3 Å². The van der Waals surface area contributed by atoms with Crippen molar-refractivity contribution in [2.45, 2.75) is 32.6 Å². The van der Waals surface area contributed by atoms with Crippen LogP contribution in [-0.2, 0) is 4.79 Å². The van der Waals surface area contributed by atoms with Gasteiger partial charge in [0, 0.05) is 19.5 Å². The molecule has 0 spiro atoms. The third-order valence-electron chi connectivity index (χ3n) is 3.53. The van der Waals surface area contributed by atoms with Gasteiger partial charge in [0.05, 0.1) is 0 Å². The van der Waals surface area contributed by atoms with Gasteiger partial charge in [0.2, 0.25) is 5.91 Å². The third-order valence-corrected chi connectivity index (χ3v) is 3.53. The standard InChI is InChI=1S/C11H19NO/c1-3-4-12(2)11(13)10-6-8-5-9(8)7-10/h8-10H,3-7H2,1-2H3. The summed E-state index contributed by atoms with van der Waals surface area (Å²) in [5, 5.41) is 0. The zero-order chi connectivity index (χ0) is 9.42. The van der Waals surface area contributed by atoms with E-state index in [4.69, 9.17) is 0 Å². The van der Waals surface area contributed by atoms with Gasteiger partial charge in [-0.1, -0.05) is 6.92 Å². The first-order chi connectivity index (χ1) is 6.22. The van der Waals surface area contributed by atoms with E-state index in [1.54, 1.807) is 0 Å². The molecule has 2 rings (SSSR count). The van der Waals surface area contributed by atoms with E-state index < -0.39 is 0 Å². The van der Waals surface area contributed by atoms with Crippen LogP contribution in [0.2, 0.25) is 0 Å². The molecule has 2 saturated carbocycles. The summed E-state index contributed by atoms with van der Waals surface area (Å²) in [5.74, 6) is 2.61. The molecule has 2 fully saturated rings. The summed E-state index contributed by atoms with van der Waals surface area (Å²) in [6.07, 6.45) is 4.83. The third kappa shape index (κ3) is 1.72. The monoisotopic (exact) mass is 181 g/mol. The number of amides is 1. The minimum atomic E-state index is 0.375. The average Bonchev–Trinajstić information content (AvgIpc) is 2.73. The molecular formula is C11H19NO. The molecule has 2 aliphatic carbocycles. The van der Waals surface area contributed by atoms with Crippen molar-refractivity contribution < 1.29 is 4.79 Å². The molecule has 0 bridgehead atoms. The van der Waals surface area contributed by atoms with Crippen molar-refractivity contribution >= 4 is 5.91 Å². The lowest BCUT2D eigenvalue weighted by Gasteiger charge is -2.21. The minimum Gasteiger partial charge on any atom is -0.346 e. The fourth-order valence-electron chi connectivity index (χ4n) is 2.67. The van der Waals surface area contributed by atoms with Crippen LogP contribution in [-0.4, -0.2) is 24.4 Å². The first kappa shape index (κ1) is 9.04. The maximum absolute atomic E-state index is 11.8. The molecular weight excluding hydrogens is 162 g/mol. The Kier molecular flexibility index (Phi) is 2.31. The first-order valence-corrected chi connectivity index (χ1v) is 5.47. The molecule has 0 saturated heterocycles. The number of carbonyl (C=O) groups is 1. The van der Waals surface area contributed by atoms with Crippen LogP contribution in [0.1, 0.15) is 32.6 Å². The van der Waals surface area contributed by atoms with Gasteiger partial charge in [-0.2, -0.15) is 0 Å². The molecule has 2 atom stereocenters. The van der Waals surface area contributed by atoms with E-state index >= 15 is 0 Å². The van der Waals surface area contributed by atoms with Gasteiger partial charge < -0.3 is 4.90 Å². The lowest BCUT2D eigenvalue weighted by atomic mass is 10.0. The maximum atomic E-state index is 11.8. The van der Waals surface area contributed by atoms with E-state index in [0.29, 0.717) is 11.8 Å². The van der Waals surface area contributed by atoms with Gasteiger partial charge in [0.15, 0.2) is 0 Å². The second-order valence-corrected chi connectivity index (χ2v) is 4.68. The highest BCUT2D eigenvalue weighted by Gasteiger charge is 2.48. The Morgan fingerprint density at radius 2 is 1.92 bits per heavy atom.